The van der Waals surface area contributed by atoms with E-state index in [1.54, 1.807) is 7.11 Å². The fraction of sp³-hybridized carbons (Fsp3) is 0.625. The van der Waals surface area contributed by atoms with Gasteiger partial charge in [-0.05, 0) is 31.7 Å². The maximum atomic E-state index is 5.77. The summed E-state index contributed by atoms with van der Waals surface area (Å²) in [5.41, 5.74) is 1.18. The normalized spacial score (nSPS) is 10.6. The van der Waals surface area contributed by atoms with E-state index in [2.05, 4.69) is 5.32 Å². The van der Waals surface area contributed by atoms with E-state index in [-0.39, 0.29) is 0 Å². The van der Waals surface area contributed by atoms with Crippen molar-refractivity contribution in [2.45, 2.75) is 19.9 Å². The molecule has 0 fully saturated rings. The molecule has 1 aromatic rings. The van der Waals surface area contributed by atoms with Crippen LogP contribution in [0.3, 0.4) is 0 Å². The lowest BCUT2D eigenvalue weighted by molar-refractivity contribution is 0.0642. The molecule has 0 aliphatic heterocycles. The predicted octanol–water partition coefficient (Wildman–Crippen LogP) is 2.24. The smallest absolute Gasteiger partial charge is 0.161 e. The highest BCUT2D eigenvalue weighted by atomic mass is 16.5. The van der Waals surface area contributed by atoms with E-state index in [4.69, 9.17) is 18.9 Å². The molecule has 0 atom stereocenters. The summed E-state index contributed by atoms with van der Waals surface area (Å²) < 4.78 is 21.7. The molecule has 1 rings (SSSR count). The number of methoxy groups -OCH3 is 1. The van der Waals surface area contributed by atoms with Gasteiger partial charge in [0.1, 0.15) is 0 Å². The van der Waals surface area contributed by atoms with Crippen LogP contribution >= 0.6 is 0 Å². The molecule has 0 heterocycles. The Labute approximate surface area is 127 Å². The lowest BCUT2D eigenvalue weighted by Crippen LogP contribution is -2.08. The molecule has 0 unspecified atom stereocenters. The summed E-state index contributed by atoms with van der Waals surface area (Å²) in [6, 6.07) is 6.03. The van der Waals surface area contributed by atoms with Gasteiger partial charge >= 0.3 is 0 Å². The third-order valence-corrected chi connectivity index (χ3v) is 2.81. The van der Waals surface area contributed by atoms with Crippen LogP contribution in [0, 0.1) is 0 Å². The van der Waals surface area contributed by atoms with Gasteiger partial charge in [0.05, 0.1) is 26.4 Å². The second kappa shape index (κ2) is 11.4. The summed E-state index contributed by atoms with van der Waals surface area (Å²) in [5.74, 6) is 1.58. The lowest BCUT2D eigenvalue weighted by atomic mass is 10.2. The summed E-state index contributed by atoms with van der Waals surface area (Å²) in [7, 11) is 3.59. The Morgan fingerprint density at radius 1 is 1.00 bits per heavy atom. The van der Waals surface area contributed by atoms with Crippen molar-refractivity contribution in [2.75, 3.05) is 47.2 Å². The van der Waals surface area contributed by atoms with Gasteiger partial charge in [0, 0.05) is 26.7 Å². The molecule has 0 radical (unpaired) electrons. The number of rotatable bonds is 12. The first-order chi connectivity index (χ1) is 10.3. The van der Waals surface area contributed by atoms with Crippen molar-refractivity contribution in [2.24, 2.45) is 0 Å². The quantitative estimate of drug-likeness (QED) is 0.600. The van der Waals surface area contributed by atoms with Gasteiger partial charge in [0.25, 0.3) is 0 Å². The molecule has 120 valence electrons. The van der Waals surface area contributed by atoms with E-state index in [0.29, 0.717) is 33.0 Å². The monoisotopic (exact) mass is 297 g/mol. The minimum atomic E-state index is 0.610. The van der Waals surface area contributed by atoms with Crippen molar-refractivity contribution < 1.29 is 18.9 Å². The van der Waals surface area contributed by atoms with E-state index >= 15 is 0 Å². The molecule has 5 nitrogen and oxygen atoms in total. The number of hydrogen-bond donors (Lipinski definition) is 1. The van der Waals surface area contributed by atoms with Crippen molar-refractivity contribution in [3.05, 3.63) is 23.8 Å². The van der Waals surface area contributed by atoms with Crippen molar-refractivity contribution in [3.63, 3.8) is 0 Å². The minimum absolute atomic E-state index is 0.610. The van der Waals surface area contributed by atoms with Crippen LogP contribution in [0.4, 0.5) is 0 Å². The first kappa shape index (κ1) is 17.8. The van der Waals surface area contributed by atoms with Crippen molar-refractivity contribution in [1.29, 1.82) is 0 Å². The van der Waals surface area contributed by atoms with E-state index in [9.17, 15) is 0 Å². The summed E-state index contributed by atoms with van der Waals surface area (Å²) in [6.45, 7) is 5.94. The standard InChI is InChI=1S/C16H27NO4/c1-4-20-16-12-14(13-17-2)6-7-15(16)21-9-5-8-19-11-10-18-3/h6-7,12,17H,4-5,8-11,13H2,1-3H3. The Kier molecular flexibility index (Phi) is 9.61. The lowest BCUT2D eigenvalue weighted by Gasteiger charge is -2.13. The average Bonchev–Trinajstić information content (AvgIpc) is 2.49. The largest absolute Gasteiger partial charge is 0.490 e. The SMILES string of the molecule is CCOc1cc(CNC)ccc1OCCCOCCOC. The molecule has 0 saturated heterocycles. The molecule has 5 heteroatoms. The van der Waals surface area contributed by atoms with Crippen LogP contribution in [0.25, 0.3) is 0 Å². The highest BCUT2D eigenvalue weighted by Crippen LogP contribution is 2.28. The molecule has 0 aliphatic rings. The molecular weight excluding hydrogens is 270 g/mol. The Balaban J connectivity index is 2.38. The summed E-state index contributed by atoms with van der Waals surface area (Å²) >= 11 is 0. The molecule has 0 spiro atoms. The zero-order chi connectivity index (χ0) is 15.3. The van der Waals surface area contributed by atoms with Gasteiger partial charge in [-0.2, -0.15) is 0 Å². The second-order valence-electron chi connectivity index (χ2n) is 4.55. The number of nitrogens with one attached hydrogen (secondary N) is 1. The van der Waals surface area contributed by atoms with Crippen LogP contribution in [0.2, 0.25) is 0 Å². The van der Waals surface area contributed by atoms with Crippen molar-refractivity contribution in [3.8, 4) is 11.5 Å². The Morgan fingerprint density at radius 3 is 2.57 bits per heavy atom. The first-order valence-corrected chi connectivity index (χ1v) is 7.41. The van der Waals surface area contributed by atoms with Crippen molar-refractivity contribution in [1.82, 2.24) is 5.32 Å². The van der Waals surface area contributed by atoms with Crippen LogP contribution < -0.4 is 14.8 Å². The Bertz CT molecular complexity index is 385. The highest BCUT2D eigenvalue weighted by Gasteiger charge is 2.06. The number of hydrogen-bond acceptors (Lipinski definition) is 5. The summed E-state index contributed by atoms with van der Waals surface area (Å²) in [6.07, 6.45) is 0.841. The zero-order valence-corrected chi connectivity index (χ0v) is 13.3. The predicted molar refractivity (Wildman–Crippen MR) is 83.2 cm³/mol. The van der Waals surface area contributed by atoms with Gasteiger partial charge in [0.15, 0.2) is 11.5 Å². The third-order valence-electron chi connectivity index (χ3n) is 2.81. The maximum Gasteiger partial charge on any atom is 0.161 e. The molecule has 1 aromatic carbocycles. The zero-order valence-electron chi connectivity index (χ0n) is 13.3. The molecule has 0 bridgehead atoms. The highest BCUT2D eigenvalue weighted by molar-refractivity contribution is 5.43. The number of ether oxygens (including phenoxy) is 4. The molecule has 0 saturated carbocycles. The van der Waals surface area contributed by atoms with Crippen LogP contribution in [0.15, 0.2) is 18.2 Å². The molecule has 21 heavy (non-hydrogen) atoms. The van der Waals surface area contributed by atoms with Crippen LogP contribution in [0.1, 0.15) is 18.9 Å². The second-order valence-corrected chi connectivity index (χ2v) is 4.55. The van der Waals surface area contributed by atoms with E-state index in [0.717, 1.165) is 24.5 Å². The summed E-state index contributed by atoms with van der Waals surface area (Å²) in [4.78, 5) is 0. The van der Waals surface area contributed by atoms with Gasteiger partial charge < -0.3 is 24.3 Å². The topological polar surface area (TPSA) is 49.0 Å². The van der Waals surface area contributed by atoms with Crippen molar-refractivity contribution >= 4 is 0 Å². The fourth-order valence-corrected chi connectivity index (χ4v) is 1.84. The van der Waals surface area contributed by atoms with Crippen LogP contribution in [-0.2, 0) is 16.0 Å². The van der Waals surface area contributed by atoms with Gasteiger partial charge in [-0.1, -0.05) is 6.07 Å². The molecule has 1 N–H and O–H groups in total. The summed E-state index contributed by atoms with van der Waals surface area (Å²) in [5, 5.41) is 3.13. The molecule has 0 amide bonds. The number of benzene rings is 1. The first-order valence-electron chi connectivity index (χ1n) is 7.41. The average molecular weight is 297 g/mol. The Morgan fingerprint density at radius 2 is 1.86 bits per heavy atom. The van der Waals surface area contributed by atoms with Gasteiger partial charge in [-0.25, -0.2) is 0 Å². The third kappa shape index (κ3) is 7.32. The molecular formula is C16H27NO4. The fourth-order valence-electron chi connectivity index (χ4n) is 1.84. The van der Waals surface area contributed by atoms with Gasteiger partial charge in [-0.15, -0.1) is 0 Å². The van der Waals surface area contributed by atoms with Crippen LogP contribution in [0.5, 0.6) is 11.5 Å². The van der Waals surface area contributed by atoms with Gasteiger partial charge in [0.2, 0.25) is 0 Å². The maximum absolute atomic E-state index is 5.77. The minimum Gasteiger partial charge on any atom is -0.490 e. The van der Waals surface area contributed by atoms with E-state index < -0.39 is 0 Å². The van der Waals surface area contributed by atoms with E-state index in [1.165, 1.54) is 5.56 Å². The van der Waals surface area contributed by atoms with Crippen LogP contribution in [-0.4, -0.2) is 47.2 Å². The van der Waals surface area contributed by atoms with E-state index in [1.807, 2.05) is 32.2 Å². The van der Waals surface area contributed by atoms with Gasteiger partial charge in [-0.3, -0.25) is 0 Å². The molecule has 0 aromatic heterocycles. The Hall–Kier alpha value is -1.30. The molecule has 0 aliphatic carbocycles.